The van der Waals surface area contributed by atoms with E-state index in [1.165, 1.54) is 37.4 Å². The molecule has 3 rings (SSSR count). The van der Waals surface area contributed by atoms with E-state index in [-0.39, 0.29) is 17.0 Å². The van der Waals surface area contributed by atoms with Crippen LogP contribution < -0.4 is 5.32 Å². The van der Waals surface area contributed by atoms with Crippen LogP contribution in [0.1, 0.15) is 30.0 Å². The van der Waals surface area contributed by atoms with E-state index in [1.54, 1.807) is 12.1 Å². The molecule has 7 nitrogen and oxygen atoms in total. The Labute approximate surface area is 165 Å². The molecule has 1 saturated heterocycles. The Morgan fingerprint density at radius 2 is 1.86 bits per heavy atom. The van der Waals surface area contributed by atoms with Crippen molar-refractivity contribution in [3.8, 4) is 0 Å². The molecular formula is C20H25N3O4S. The number of hydroxylamine groups is 1. The number of urea groups is 1. The van der Waals surface area contributed by atoms with E-state index in [0.717, 1.165) is 17.3 Å². The predicted molar refractivity (Wildman–Crippen MR) is 107 cm³/mol. The number of sulfonamides is 1. The third kappa shape index (κ3) is 4.04. The third-order valence-corrected chi connectivity index (χ3v) is 6.75. The number of benzene rings is 2. The Morgan fingerprint density at radius 1 is 1.18 bits per heavy atom. The first kappa shape index (κ1) is 20.3. The molecule has 0 bridgehead atoms. The van der Waals surface area contributed by atoms with Gasteiger partial charge in [0.15, 0.2) is 0 Å². The summed E-state index contributed by atoms with van der Waals surface area (Å²) in [5.74, 6) is 0. The van der Waals surface area contributed by atoms with Crippen molar-refractivity contribution in [1.29, 1.82) is 0 Å². The van der Waals surface area contributed by atoms with Crippen molar-refractivity contribution in [3.05, 3.63) is 59.7 Å². The normalized spacial score (nSPS) is 17.1. The van der Waals surface area contributed by atoms with Gasteiger partial charge in [0.05, 0.1) is 18.0 Å². The maximum Gasteiger partial charge on any atom is 0.322 e. The van der Waals surface area contributed by atoms with Crippen LogP contribution in [0.4, 0.5) is 10.5 Å². The fourth-order valence-electron chi connectivity index (χ4n) is 3.45. The molecule has 2 amide bonds. The van der Waals surface area contributed by atoms with Gasteiger partial charge in [0.2, 0.25) is 0 Å². The van der Waals surface area contributed by atoms with E-state index >= 15 is 0 Å². The van der Waals surface area contributed by atoms with Gasteiger partial charge in [0.25, 0.3) is 10.0 Å². The molecule has 0 aromatic heterocycles. The summed E-state index contributed by atoms with van der Waals surface area (Å²) in [6.45, 7) is 2.75. The van der Waals surface area contributed by atoms with E-state index in [2.05, 4.69) is 24.4 Å². The summed E-state index contributed by atoms with van der Waals surface area (Å²) < 4.78 is 25.3. The minimum absolute atomic E-state index is 0.0520. The minimum Gasteiger partial charge on any atom is -0.317 e. The molecule has 0 aliphatic carbocycles. The van der Waals surface area contributed by atoms with E-state index in [1.807, 2.05) is 17.0 Å². The zero-order valence-electron chi connectivity index (χ0n) is 16.3. The van der Waals surface area contributed by atoms with E-state index in [9.17, 15) is 13.2 Å². The number of nitrogens with one attached hydrogen (secondary N) is 1. The number of hydrogen-bond donors (Lipinski definition) is 1. The number of hydrogen-bond acceptors (Lipinski definition) is 4. The maximum atomic E-state index is 12.8. The number of nitrogens with zero attached hydrogens (tertiary/aromatic N) is 2. The van der Waals surface area contributed by atoms with Crippen LogP contribution >= 0.6 is 0 Å². The topological polar surface area (TPSA) is 79.0 Å². The lowest BCUT2D eigenvalue weighted by atomic mass is 9.99. The molecule has 2 aromatic carbocycles. The smallest absolute Gasteiger partial charge is 0.317 e. The first-order valence-electron chi connectivity index (χ1n) is 9.11. The summed E-state index contributed by atoms with van der Waals surface area (Å²) in [4.78, 5) is 19.5. The van der Waals surface area contributed by atoms with Crippen LogP contribution in [0.5, 0.6) is 0 Å². The van der Waals surface area contributed by atoms with Crippen LogP contribution in [-0.4, -0.2) is 44.5 Å². The summed E-state index contributed by atoms with van der Waals surface area (Å²) in [5, 5.41) is 2.87. The van der Waals surface area contributed by atoms with Crippen molar-refractivity contribution < 1.29 is 18.0 Å². The summed E-state index contributed by atoms with van der Waals surface area (Å²) in [5.41, 5.74) is 2.88. The average Bonchev–Trinajstić information content (AvgIpc) is 3.17. The number of amides is 2. The molecule has 0 saturated carbocycles. The standard InChI is InChI=1S/C20H25N3O4S/c1-15-7-4-5-8-18(15)19-9-6-14-23(19)20(24)21-16-10-12-17(13-11-16)28(25,26)22(2)27-3/h4-5,7-8,10-13,19H,6,9,14H2,1-3H3,(H,21,24). The molecule has 1 aliphatic rings. The molecule has 0 spiro atoms. The van der Waals surface area contributed by atoms with Gasteiger partial charge in [-0.15, -0.1) is 0 Å². The van der Waals surface area contributed by atoms with Gasteiger partial charge in [-0.05, 0) is 55.2 Å². The first-order chi connectivity index (χ1) is 13.3. The Kier molecular flexibility index (Phi) is 6.02. The molecule has 1 aliphatic heterocycles. The molecule has 2 aromatic rings. The fraction of sp³-hybridized carbons (Fsp3) is 0.350. The highest BCUT2D eigenvalue weighted by atomic mass is 32.2. The summed E-state index contributed by atoms with van der Waals surface area (Å²) in [7, 11) is -1.10. The monoisotopic (exact) mass is 403 g/mol. The van der Waals surface area contributed by atoms with Crippen LogP contribution in [0.15, 0.2) is 53.4 Å². The molecule has 1 fully saturated rings. The largest absolute Gasteiger partial charge is 0.322 e. The van der Waals surface area contributed by atoms with Crippen LogP contribution in [0, 0.1) is 6.92 Å². The van der Waals surface area contributed by atoms with Gasteiger partial charge in [-0.1, -0.05) is 28.7 Å². The lowest BCUT2D eigenvalue weighted by Crippen LogP contribution is -2.34. The van der Waals surface area contributed by atoms with Crippen molar-refractivity contribution in [2.24, 2.45) is 0 Å². The van der Waals surface area contributed by atoms with E-state index in [0.29, 0.717) is 12.2 Å². The molecule has 1 atom stereocenters. The van der Waals surface area contributed by atoms with Gasteiger partial charge in [0.1, 0.15) is 0 Å². The Bertz CT molecular complexity index is 944. The van der Waals surface area contributed by atoms with Crippen LogP contribution in [0.3, 0.4) is 0 Å². The lowest BCUT2D eigenvalue weighted by molar-refractivity contribution is -0.0258. The number of carbonyl (C=O) groups excluding carboxylic acids is 1. The summed E-state index contributed by atoms with van der Waals surface area (Å²) in [6, 6.07) is 14.0. The third-order valence-electron chi connectivity index (χ3n) is 5.06. The number of likely N-dealkylation sites (tertiary alicyclic amines) is 1. The number of aryl methyl sites for hydroxylation is 1. The molecule has 0 radical (unpaired) electrons. The van der Waals surface area contributed by atoms with Gasteiger partial charge in [-0.25, -0.2) is 13.2 Å². The Hall–Kier alpha value is -2.42. The highest BCUT2D eigenvalue weighted by Gasteiger charge is 2.31. The zero-order valence-corrected chi connectivity index (χ0v) is 17.1. The molecule has 1 N–H and O–H groups in total. The van der Waals surface area contributed by atoms with Crippen molar-refractivity contribution in [2.75, 3.05) is 26.0 Å². The SMILES string of the molecule is CON(C)S(=O)(=O)c1ccc(NC(=O)N2CCCC2c2ccccc2C)cc1. The molecule has 150 valence electrons. The second-order valence-corrected chi connectivity index (χ2v) is 8.70. The van der Waals surface area contributed by atoms with Gasteiger partial charge < -0.3 is 10.2 Å². The van der Waals surface area contributed by atoms with Crippen molar-refractivity contribution >= 4 is 21.7 Å². The molecule has 1 unspecified atom stereocenters. The number of carbonyl (C=O) groups is 1. The molecular weight excluding hydrogens is 378 g/mol. The van der Waals surface area contributed by atoms with Crippen molar-refractivity contribution in [2.45, 2.75) is 30.7 Å². The first-order valence-corrected chi connectivity index (χ1v) is 10.5. The average molecular weight is 404 g/mol. The van der Waals surface area contributed by atoms with Crippen molar-refractivity contribution in [1.82, 2.24) is 9.37 Å². The number of rotatable bonds is 5. The predicted octanol–water partition coefficient (Wildman–Crippen LogP) is 3.55. The highest BCUT2D eigenvalue weighted by Crippen LogP contribution is 2.34. The lowest BCUT2D eigenvalue weighted by Gasteiger charge is -2.26. The fourth-order valence-corrected chi connectivity index (χ4v) is 4.42. The molecule has 28 heavy (non-hydrogen) atoms. The summed E-state index contributed by atoms with van der Waals surface area (Å²) >= 11 is 0. The van der Waals surface area contributed by atoms with E-state index < -0.39 is 10.0 Å². The Balaban J connectivity index is 1.73. The van der Waals surface area contributed by atoms with Gasteiger partial charge in [0, 0.05) is 19.3 Å². The number of anilines is 1. The van der Waals surface area contributed by atoms with Crippen LogP contribution in [-0.2, 0) is 14.9 Å². The second-order valence-electron chi connectivity index (χ2n) is 6.76. The highest BCUT2D eigenvalue weighted by molar-refractivity contribution is 7.89. The summed E-state index contributed by atoms with van der Waals surface area (Å²) in [6.07, 6.45) is 1.88. The van der Waals surface area contributed by atoms with Crippen molar-refractivity contribution in [3.63, 3.8) is 0 Å². The van der Waals surface area contributed by atoms with Crippen LogP contribution in [0.25, 0.3) is 0 Å². The molecule has 8 heteroatoms. The second kappa shape index (κ2) is 8.30. The maximum absolute atomic E-state index is 12.8. The Morgan fingerprint density at radius 3 is 2.50 bits per heavy atom. The van der Waals surface area contributed by atoms with Gasteiger partial charge in [-0.3, -0.25) is 4.84 Å². The van der Waals surface area contributed by atoms with Gasteiger partial charge >= 0.3 is 6.03 Å². The molecule has 1 heterocycles. The minimum atomic E-state index is -3.71. The zero-order chi connectivity index (χ0) is 20.3. The van der Waals surface area contributed by atoms with Gasteiger partial charge in [-0.2, -0.15) is 0 Å². The van der Waals surface area contributed by atoms with Crippen LogP contribution in [0.2, 0.25) is 0 Å². The van der Waals surface area contributed by atoms with E-state index in [4.69, 9.17) is 4.84 Å². The quantitative estimate of drug-likeness (QED) is 0.775.